The zero-order chi connectivity index (χ0) is 13.8. The lowest BCUT2D eigenvalue weighted by molar-refractivity contribution is 0.298. The highest BCUT2D eigenvalue weighted by atomic mass is 16.5. The van der Waals surface area contributed by atoms with Crippen molar-refractivity contribution in [2.75, 3.05) is 13.2 Å². The smallest absolute Gasteiger partial charge is 0.122 e. The van der Waals surface area contributed by atoms with Crippen LogP contribution in [0.4, 0.5) is 0 Å². The normalized spacial score (nSPS) is 18.4. The van der Waals surface area contributed by atoms with Crippen molar-refractivity contribution in [3.63, 3.8) is 0 Å². The molecular weight excluding hydrogens is 246 g/mol. The van der Waals surface area contributed by atoms with Crippen molar-refractivity contribution in [3.8, 4) is 5.75 Å². The first-order chi connectivity index (χ1) is 9.88. The molecule has 0 amide bonds. The molecule has 1 heterocycles. The molecule has 0 bridgehead atoms. The van der Waals surface area contributed by atoms with Gasteiger partial charge < -0.3 is 10.1 Å². The van der Waals surface area contributed by atoms with Crippen molar-refractivity contribution < 1.29 is 4.74 Å². The number of rotatable bonds is 5. The van der Waals surface area contributed by atoms with E-state index < -0.39 is 0 Å². The van der Waals surface area contributed by atoms with Gasteiger partial charge in [-0.1, -0.05) is 55.5 Å². The molecule has 3 rings (SSSR count). The molecule has 0 aliphatic carbocycles. The first-order valence-electron chi connectivity index (χ1n) is 7.37. The second kappa shape index (κ2) is 6.10. The fourth-order valence-electron chi connectivity index (χ4n) is 3.01. The van der Waals surface area contributed by atoms with Crippen LogP contribution < -0.4 is 10.1 Å². The molecule has 0 fully saturated rings. The summed E-state index contributed by atoms with van der Waals surface area (Å²) < 4.78 is 5.84. The van der Waals surface area contributed by atoms with E-state index in [4.69, 9.17) is 4.74 Å². The second-order valence-corrected chi connectivity index (χ2v) is 5.31. The van der Waals surface area contributed by atoms with Crippen LogP contribution in [0.15, 0.2) is 54.6 Å². The Morgan fingerprint density at radius 1 is 1.10 bits per heavy atom. The summed E-state index contributed by atoms with van der Waals surface area (Å²) in [4.78, 5) is 0. The van der Waals surface area contributed by atoms with E-state index in [1.54, 1.807) is 0 Å². The standard InChI is InChI=1S/C18H21NO/c1-2-19-17(12-14-8-4-3-5-9-14)16-13-20-18-11-7-6-10-15(16)18/h3-11,16-17,19H,2,12-13H2,1H3. The molecule has 2 unspecified atom stereocenters. The molecule has 104 valence electrons. The van der Waals surface area contributed by atoms with Crippen molar-refractivity contribution in [2.24, 2.45) is 0 Å². The summed E-state index contributed by atoms with van der Waals surface area (Å²) in [6.45, 7) is 3.93. The van der Waals surface area contributed by atoms with Crippen LogP contribution >= 0.6 is 0 Å². The van der Waals surface area contributed by atoms with E-state index in [-0.39, 0.29) is 0 Å². The van der Waals surface area contributed by atoms with Crippen LogP contribution in [0.25, 0.3) is 0 Å². The number of fused-ring (bicyclic) bond motifs is 1. The van der Waals surface area contributed by atoms with E-state index >= 15 is 0 Å². The molecule has 0 radical (unpaired) electrons. The number of nitrogens with one attached hydrogen (secondary N) is 1. The Morgan fingerprint density at radius 2 is 1.85 bits per heavy atom. The number of likely N-dealkylation sites (N-methyl/N-ethyl adjacent to an activating group) is 1. The summed E-state index contributed by atoms with van der Waals surface area (Å²) in [5.74, 6) is 1.49. The summed E-state index contributed by atoms with van der Waals surface area (Å²) in [5, 5.41) is 3.63. The molecule has 0 saturated heterocycles. The van der Waals surface area contributed by atoms with E-state index in [1.165, 1.54) is 11.1 Å². The summed E-state index contributed by atoms with van der Waals surface area (Å²) in [5.41, 5.74) is 2.72. The Morgan fingerprint density at radius 3 is 2.65 bits per heavy atom. The lowest BCUT2D eigenvalue weighted by Gasteiger charge is -2.24. The van der Waals surface area contributed by atoms with Gasteiger partial charge in [-0.3, -0.25) is 0 Å². The third-order valence-corrected chi connectivity index (χ3v) is 3.99. The molecule has 0 aromatic heterocycles. The topological polar surface area (TPSA) is 21.3 Å². The van der Waals surface area contributed by atoms with Crippen molar-refractivity contribution in [1.82, 2.24) is 5.32 Å². The second-order valence-electron chi connectivity index (χ2n) is 5.31. The van der Waals surface area contributed by atoms with Gasteiger partial charge in [-0.15, -0.1) is 0 Å². The Balaban J connectivity index is 1.81. The Hall–Kier alpha value is -1.80. The molecule has 20 heavy (non-hydrogen) atoms. The molecule has 1 aliphatic heterocycles. The molecule has 1 aliphatic rings. The average molecular weight is 267 g/mol. The molecule has 2 aromatic rings. The van der Waals surface area contributed by atoms with E-state index in [0.29, 0.717) is 12.0 Å². The molecule has 1 N–H and O–H groups in total. The third-order valence-electron chi connectivity index (χ3n) is 3.99. The fourth-order valence-corrected chi connectivity index (χ4v) is 3.01. The van der Waals surface area contributed by atoms with Gasteiger partial charge in [0, 0.05) is 17.5 Å². The number of hydrogen-bond acceptors (Lipinski definition) is 2. The Labute approximate surface area is 120 Å². The van der Waals surface area contributed by atoms with Gasteiger partial charge in [0.05, 0.1) is 6.61 Å². The van der Waals surface area contributed by atoms with Crippen molar-refractivity contribution >= 4 is 0 Å². The van der Waals surface area contributed by atoms with Gasteiger partial charge in [0.2, 0.25) is 0 Å². The zero-order valence-electron chi connectivity index (χ0n) is 11.9. The molecule has 2 aromatic carbocycles. The predicted molar refractivity (Wildman–Crippen MR) is 82.3 cm³/mol. The lowest BCUT2D eigenvalue weighted by atomic mass is 9.89. The maximum Gasteiger partial charge on any atom is 0.122 e. The van der Waals surface area contributed by atoms with Gasteiger partial charge in [-0.25, -0.2) is 0 Å². The van der Waals surface area contributed by atoms with Gasteiger partial charge in [0.1, 0.15) is 5.75 Å². The maximum absolute atomic E-state index is 5.84. The maximum atomic E-state index is 5.84. The minimum atomic E-state index is 0.422. The largest absolute Gasteiger partial charge is 0.493 e. The number of para-hydroxylation sites is 1. The van der Waals surface area contributed by atoms with Crippen molar-refractivity contribution in [2.45, 2.75) is 25.3 Å². The first kappa shape index (κ1) is 13.2. The number of benzene rings is 2. The highest BCUT2D eigenvalue weighted by Crippen LogP contribution is 2.36. The van der Waals surface area contributed by atoms with Gasteiger partial charge in [-0.2, -0.15) is 0 Å². The van der Waals surface area contributed by atoms with Crippen molar-refractivity contribution in [3.05, 3.63) is 65.7 Å². The highest BCUT2D eigenvalue weighted by molar-refractivity contribution is 5.41. The minimum absolute atomic E-state index is 0.422. The zero-order valence-corrected chi connectivity index (χ0v) is 11.9. The van der Waals surface area contributed by atoms with Gasteiger partial charge in [0.25, 0.3) is 0 Å². The van der Waals surface area contributed by atoms with E-state index in [2.05, 4.69) is 60.8 Å². The lowest BCUT2D eigenvalue weighted by Crippen LogP contribution is -2.37. The van der Waals surface area contributed by atoms with Crippen molar-refractivity contribution in [1.29, 1.82) is 0 Å². The Kier molecular flexibility index (Phi) is 4.03. The quantitative estimate of drug-likeness (QED) is 0.896. The summed E-state index contributed by atoms with van der Waals surface area (Å²) in [6.07, 6.45) is 1.04. The van der Waals surface area contributed by atoms with E-state index in [1.807, 2.05) is 6.07 Å². The van der Waals surface area contributed by atoms with Crippen LogP contribution in [0.3, 0.4) is 0 Å². The first-order valence-corrected chi connectivity index (χ1v) is 7.37. The van der Waals surface area contributed by atoms with Crippen LogP contribution in [-0.4, -0.2) is 19.2 Å². The SMILES string of the molecule is CCNC(Cc1ccccc1)C1COc2ccccc21. The fraction of sp³-hybridized carbons (Fsp3) is 0.333. The highest BCUT2D eigenvalue weighted by Gasteiger charge is 2.30. The van der Waals surface area contributed by atoms with Gasteiger partial charge in [-0.05, 0) is 24.6 Å². The molecule has 2 heteroatoms. The molecule has 0 spiro atoms. The predicted octanol–water partition coefficient (Wildman–Crippen LogP) is 3.38. The number of hydrogen-bond donors (Lipinski definition) is 1. The molecule has 0 saturated carbocycles. The van der Waals surface area contributed by atoms with E-state index in [0.717, 1.165) is 25.3 Å². The molecular formula is C18H21NO. The molecule has 2 nitrogen and oxygen atoms in total. The molecule has 2 atom stereocenters. The van der Waals surface area contributed by atoms with Crippen LogP contribution in [0.2, 0.25) is 0 Å². The monoisotopic (exact) mass is 267 g/mol. The van der Waals surface area contributed by atoms with Gasteiger partial charge in [0.15, 0.2) is 0 Å². The van der Waals surface area contributed by atoms with Crippen LogP contribution in [0, 0.1) is 0 Å². The minimum Gasteiger partial charge on any atom is -0.493 e. The van der Waals surface area contributed by atoms with Gasteiger partial charge >= 0.3 is 0 Å². The third kappa shape index (κ3) is 2.70. The Bertz CT molecular complexity index is 552. The van der Waals surface area contributed by atoms with E-state index in [9.17, 15) is 0 Å². The average Bonchev–Trinajstić information content (AvgIpc) is 2.92. The van der Waals surface area contributed by atoms with Crippen LogP contribution in [0.5, 0.6) is 5.75 Å². The van der Waals surface area contributed by atoms with Crippen LogP contribution in [0.1, 0.15) is 24.0 Å². The number of ether oxygens (including phenoxy) is 1. The van der Waals surface area contributed by atoms with Crippen LogP contribution in [-0.2, 0) is 6.42 Å². The summed E-state index contributed by atoms with van der Waals surface area (Å²) in [7, 11) is 0. The summed E-state index contributed by atoms with van der Waals surface area (Å²) in [6, 6.07) is 19.5. The summed E-state index contributed by atoms with van der Waals surface area (Å²) >= 11 is 0.